The van der Waals surface area contributed by atoms with Crippen LogP contribution in [0.3, 0.4) is 0 Å². The zero-order valence-corrected chi connectivity index (χ0v) is 20.8. The van der Waals surface area contributed by atoms with Crippen LogP contribution in [0.5, 0.6) is 0 Å². The molecule has 1 saturated carbocycles. The van der Waals surface area contributed by atoms with Gasteiger partial charge >= 0.3 is 17.8 Å². The average molecular weight is 505 g/mol. The van der Waals surface area contributed by atoms with Crippen molar-refractivity contribution in [3.63, 3.8) is 0 Å². The lowest BCUT2D eigenvalue weighted by Gasteiger charge is -2.39. The van der Waals surface area contributed by atoms with Crippen molar-refractivity contribution in [2.75, 3.05) is 11.6 Å². The second-order valence-electron chi connectivity index (χ2n) is 9.93. The minimum absolute atomic E-state index is 0.103. The van der Waals surface area contributed by atoms with E-state index in [1.807, 2.05) is 6.07 Å². The molecule has 2 atom stereocenters. The number of nitrogens with two attached hydrogens (primary N) is 1. The molecule has 194 valence electrons. The van der Waals surface area contributed by atoms with Crippen LogP contribution in [0.15, 0.2) is 54.6 Å². The summed E-state index contributed by atoms with van der Waals surface area (Å²) in [5.74, 6) is 3.67. The predicted octanol–water partition coefficient (Wildman–Crippen LogP) is 2.78. The fourth-order valence-corrected chi connectivity index (χ4v) is 5.71. The van der Waals surface area contributed by atoms with Crippen molar-refractivity contribution in [3.05, 3.63) is 65.7 Å². The topological polar surface area (TPSA) is 113 Å². The first-order valence-electron chi connectivity index (χ1n) is 13.0. The summed E-state index contributed by atoms with van der Waals surface area (Å²) in [6, 6.07) is 14.8. The lowest BCUT2D eigenvalue weighted by atomic mass is 9.91. The minimum Gasteiger partial charge on any atom is -0.440 e. The van der Waals surface area contributed by atoms with Crippen molar-refractivity contribution < 1.29 is 23.9 Å². The number of amides is 3. The van der Waals surface area contributed by atoms with Gasteiger partial charge in [-0.3, -0.25) is 19.3 Å². The molecule has 2 heterocycles. The Bertz CT molecular complexity index is 1180. The summed E-state index contributed by atoms with van der Waals surface area (Å²) in [5, 5.41) is 0.851. The first-order valence-corrected chi connectivity index (χ1v) is 13.0. The highest BCUT2D eigenvalue weighted by Crippen LogP contribution is 2.31. The summed E-state index contributed by atoms with van der Waals surface area (Å²) < 4.78 is 5.91. The second kappa shape index (κ2) is 10.7. The van der Waals surface area contributed by atoms with E-state index in [0.29, 0.717) is 29.7 Å². The van der Waals surface area contributed by atoms with Gasteiger partial charge in [0.15, 0.2) is 6.23 Å². The number of fused-ring (bicyclic) bond motifs is 2. The van der Waals surface area contributed by atoms with E-state index in [2.05, 4.69) is 0 Å². The number of ether oxygens (including phenoxy) is 1. The van der Waals surface area contributed by atoms with Crippen LogP contribution in [0.2, 0.25) is 0 Å². The molecule has 0 bridgehead atoms. The Hall–Kier alpha value is -3.72. The molecule has 2 aromatic carbocycles. The molecule has 9 nitrogen and oxygen atoms in total. The van der Waals surface area contributed by atoms with Gasteiger partial charge in [-0.25, -0.2) is 15.6 Å². The maximum absolute atomic E-state index is 14.0. The zero-order valence-electron chi connectivity index (χ0n) is 20.8. The smallest absolute Gasteiger partial charge is 0.331 e. The first kappa shape index (κ1) is 25.0. The number of hydrogen-bond acceptors (Lipinski definition) is 6. The van der Waals surface area contributed by atoms with Crippen LogP contribution in [0.25, 0.3) is 0 Å². The number of rotatable bonds is 3. The molecule has 3 aliphatic rings. The van der Waals surface area contributed by atoms with E-state index in [0.717, 1.165) is 37.1 Å². The van der Waals surface area contributed by atoms with Crippen molar-refractivity contribution in [3.8, 4) is 0 Å². The Labute approximate surface area is 216 Å². The molecule has 0 aromatic heterocycles. The zero-order chi connectivity index (χ0) is 25.9. The molecule has 3 amide bonds. The van der Waals surface area contributed by atoms with Crippen LogP contribution < -0.4 is 10.9 Å². The lowest BCUT2D eigenvalue weighted by molar-refractivity contribution is -0.168. The maximum atomic E-state index is 14.0. The Kier molecular flexibility index (Phi) is 7.23. The van der Waals surface area contributed by atoms with Crippen LogP contribution in [0, 0.1) is 0 Å². The number of esters is 1. The van der Waals surface area contributed by atoms with Gasteiger partial charge < -0.3 is 9.64 Å². The predicted molar refractivity (Wildman–Crippen MR) is 136 cm³/mol. The molecule has 2 fully saturated rings. The molecule has 2 N–H and O–H groups in total. The number of carbonyl (C=O) groups is 4. The third-order valence-corrected chi connectivity index (χ3v) is 7.61. The molecular weight excluding hydrogens is 472 g/mol. The van der Waals surface area contributed by atoms with Gasteiger partial charge in [-0.15, -0.1) is 0 Å². The summed E-state index contributed by atoms with van der Waals surface area (Å²) in [5.41, 5.74) is 1.40. The van der Waals surface area contributed by atoms with Gasteiger partial charge in [0.05, 0.1) is 5.69 Å². The quantitative estimate of drug-likeness (QED) is 0.298. The van der Waals surface area contributed by atoms with Crippen molar-refractivity contribution >= 4 is 29.4 Å². The molecule has 1 saturated heterocycles. The summed E-state index contributed by atoms with van der Waals surface area (Å²) in [6.45, 7) is 0.290. The third kappa shape index (κ3) is 4.96. The summed E-state index contributed by atoms with van der Waals surface area (Å²) >= 11 is 0. The van der Waals surface area contributed by atoms with Crippen molar-refractivity contribution in [1.82, 2.24) is 9.80 Å². The Balaban J connectivity index is 1.61. The molecule has 2 unspecified atom stereocenters. The van der Waals surface area contributed by atoms with Gasteiger partial charge in [-0.05, 0) is 43.0 Å². The van der Waals surface area contributed by atoms with E-state index in [9.17, 15) is 19.2 Å². The fraction of sp³-hybridized carbons (Fsp3) is 0.429. The van der Waals surface area contributed by atoms with Crippen LogP contribution in [-0.4, -0.2) is 58.3 Å². The monoisotopic (exact) mass is 504 g/mol. The number of para-hydroxylation sites is 1. The Morgan fingerprint density at radius 2 is 1.57 bits per heavy atom. The summed E-state index contributed by atoms with van der Waals surface area (Å²) in [7, 11) is 0. The van der Waals surface area contributed by atoms with E-state index in [1.165, 1.54) is 4.90 Å². The molecule has 37 heavy (non-hydrogen) atoms. The van der Waals surface area contributed by atoms with Crippen molar-refractivity contribution in [2.45, 2.75) is 69.7 Å². The third-order valence-electron chi connectivity index (χ3n) is 7.61. The van der Waals surface area contributed by atoms with E-state index >= 15 is 0 Å². The molecule has 2 aromatic rings. The van der Waals surface area contributed by atoms with Gasteiger partial charge in [0, 0.05) is 31.0 Å². The van der Waals surface area contributed by atoms with Crippen molar-refractivity contribution in [1.29, 1.82) is 0 Å². The molecule has 1 aliphatic carbocycles. The molecule has 5 rings (SSSR count). The lowest BCUT2D eigenvalue weighted by Crippen LogP contribution is -2.54. The van der Waals surface area contributed by atoms with E-state index in [-0.39, 0.29) is 24.9 Å². The molecule has 2 aliphatic heterocycles. The fourth-order valence-electron chi connectivity index (χ4n) is 5.71. The minimum atomic E-state index is -0.948. The first-order chi connectivity index (χ1) is 18.0. The Morgan fingerprint density at radius 1 is 0.865 bits per heavy atom. The number of carbonyl (C=O) groups excluding carboxylic acids is 4. The van der Waals surface area contributed by atoms with Gasteiger partial charge in [-0.1, -0.05) is 55.7 Å². The largest absolute Gasteiger partial charge is 0.440 e. The molecule has 9 heteroatoms. The Morgan fingerprint density at radius 3 is 2.32 bits per heavy atom. The second-order valence-corrected chi connectivity index (χ2v) is 9.93. The van der Waals surface area contributed by atoms with Gasteiger partial charge in [0.1, 0.15) is 6.04 Å². The van der Waals surface area contributed by atoms with Crippen LogP contribution in [-0.2, 0) is 25.5 Å². The molecule has 0 radical (unpaired) electrons. The normalized spacial score (nSPS) is 23.1. The number of hydrazine groups is 1. The van der Waals surface area contributed by atoms with Gasteiger partial charge in [0.25, 0.3) is 5.91 Å². The molecule has 0 spiro atoms. The number of hydrogen-bond donors (Lipinski definition) is 1. The number of nitrogens with zero attached hydrogens (tertiary/aromatic N) is 3. The van der Waals surface area contributed by atoms with E-state index in [4.69, 9.17) is 10.6 Å². The van der Waals surface area contributed by atoms with Gasteiger partial charge in [-0.2, -0.15) is 0 Å². The number of benzene rings is 2. The highest BCUT2D eigenvalue weighted by atomic mass is 16.6. The van der Waals surface area contributed by atoms with Gasteiger partial charge in [0.2, 0.25) is 0 Å². The number of anilines is 1. The van der Waals surface area contributed by atoms with Crippen molar-refractivity contribution in [2.24, 2.45) is 5.84 Å². The van der Waals surface area contributed by atoms with Crippen LogP contribution in [0.1, 0.15) is 60.9 Å². The summed E-state index contributed by atoms with van der Waals surface area (Å²) in [6.07, 6.45) is 4.86. The SMILES string of the molecule is NN1C(=O)C(=O)N2CCCC2OC(=O)C(N(C(=O)c2ccccc2)C2CCCCC2)Cc2ccccc21. The van der Waals surface area contributed by atoms with Crippen LogP contribution >= 0.6 is 0 Å². The summed E-state index contributed by atoms with van der Waals surface area (Å²) in [4.78, 5) is 56.9. The van der Waals surface area contributed by atoms with E-state index < -0.39 is 30.1 Å². The molecular formula is C28H32N4O5. The average Bonchev–Trinajstić information content (AvgIpc) is 3.40. The highest BCUT2D eigenvalue weighted by molar-refractivity contribution is 6.40. The standard InChI is InChI=1S/C28H32N4O5/c29-32-22-15-8-7-12-20(22)18-23(28(36)37-24-16-9-17-30(24)26(34)27(32)35)31(21-13-5-2-6-14-21)25(33)19-10-3-1-4-11-19/h1,3-4,7-8,10-12,15,21,23-24H,2,5-6,9,13-14,16-18,29H2. The highest BCUT2D eigenvalue weighted by Gasteiger charge is 2.43. The maximum Gasteiger partial charge on any atom is 0.331 e. The van der Waals surface area contributed by atoms with Crippen LogP contribution in [0.4, 0.5) is 5.69 Å². The van der Waals surface area contributed by atoms with E-state index in [1.54, 1.807) is 53.4 Å².